The second-order valence-corrected chi connectivity index (χ2v) is 2.89. The summed E-state index contributed by atoms with van der Waals surface area (Å²) in [6.45, 7) is 0. The largest absolute Gasteiger partial charge is 4.00 e. The van der Waals surface area contributed by atoms with Crippen LogP contribution in [0.25, 0.3) is 0 Å². The van der Waals surface area contributed by atoms with Crippen molar-refractivity contribution in [3.8, 4) is 23.0 Å². The van der Waals surface area contributed by atoms with Gasteiger partial charge >= 0.3 is 11.0 Å². The molecule has 17 heavy (non-hydrogen) atoms. The van der Waals surface area contributed by atoms with Gasteiger partial charge in [-0.1, -0.05) is 48.5 Å². The number of hydrogen-bond acceptors (Lipinski definition) is 4. The van der Waals surface area contributed by atoms with Crippen molar-refractivity contribution in [1.82, 2.24) is 0 Å². The Hall–Kier alpha value is -2.14. The van der Waals surface area contributed by atoms with Gasteiger partial charge in [0.15, 0.2) is 0 Å². The first-order chi connectivity index (χ1) is 7.61. The fraction of sp³-hybridized carbons (Fsp3) is 0. The maximum Gasteiger partial charge on any atom is 4.00 e. The van der Waals surface area contributed by atoms with Gasteiger partial charge in [0.2, 0.25) is 0 Å². The Labute approximate surface area is 103 Å². The molecule has 0 aliphatic carbocycles. The summed E-state index contributed by atoms with van der Waals surface area (Å²) in [5.41, 5.74) is 0. The molecule has 2 aromatic rings. The van der Waals surface area contributed by atoms with Gasteiger partial charge in [-0.3, -0.25) is 0 Å². The van der Waals surface area contributed by atoms with E-state index in [-0.39, 0.29) is 11.0 Å². The van der Waals surface area contributed by atoms with Crippen molar-refractivity contribution >= 4 is 11.0 Å². The van der Waals surface area contributed by atoms with Gasteiger partial charge < -0.3 is 20.4 Å². The van der Waals surface area contributed by atoms with E-state index in [1.165, 1.54) is 24.3 Å². The predicted octanol–water partition coefficient (Wildman–Crippen LogP) is -0.713. The molecule has 2 aromatic carbocycles. The van der Waals surface area contributed by atoms with Crippen LogP contribution in [0.1, 0.15) is 0 Å². The first-order valence-corrected chi connectivity index (χ1v) is 4.47. The SMILES string of the molecule is [O-]c1ccccc1[O-].[O-]c1ccccc1[O-].[Si+4]. The van der Waals surface area contributed by atoms with Crippen LogP contribution in [0.4, 0.5) is 0 Å². The summed E-state index contributed by atoms with van der Waals surface area (Å²) in [5.74, 6) is -1.75. The van der Waals surface area contributed by atoms with E-state index in [4.69, 9.17) is 0 Å². The number of para-hydroxylation sites is 4. The van der Waals surface area contributed by atoms with Gasteiger partial charge in [-0.2, -0.15) is 0 Å². The number of hydrogen-bond donors (Lipinski definition) is 0. The molecule has 0 fully saturated rings. The maximum atomic E-state index is 10.3. The quantitative estimate of drug-likeness (QED) is 0.572. The van der Waals surface area contributed by atoms with Crippen LogP contribution in [-0.2, 0) is 0 Å². The zero-order valence-corrected chi connectivity index (χ0v) is 9.75. The van der Waals surface area contributed by atoms with E-state index < -0.39 is 23.0 Å². The number of rotatable bonds is 0. The molecule has 0 spiro atoms. The minimum absolute atomic E-state index is 0. The van der Waals surface area contributed by atoms with Gasteiger partial charge in [-0.25, -0.2) is 0 Å². The second kappa shape index (κ2) is 7.18. The molecule has 2 rings (SSSR count). The summed E-state index contributed by atoms with van der Waals surface area (Å²) in [5, 5.41) is 41.2. The molecule has 0 N–H and O–H groups in total. The minimum Gasteiger partial charge on any atom is -0.873 e. The third-order valence-electron chi connectivity index (χ3n) is 1.70. The van der Waals surface area contributed by atoms with Crippen LogP contribution in [0, 0.1) is 0 Å². The molecule has 0 unspecified atom stereocenters. The monoisotopic (exact) mass is 244 g/mol. The van der Waals surface area contributed by atoms with Gasteiger partial charge in [0, 0.05) is 0 Å². The summed E-state index contributed by atoms with van der Waals surface area (Å²) in [7, 11) is 0. The Bertz CT molecular complexity index is 374. The Balaban J connectivity index is 0.000000284. The average molecular weight is 244 g/mol. The standard InChI is InChI=1S/2C6H6O2.Si/c2*7-5-3-1-2-4-6(5)8;/h2*1-4,7-8H;/q;;+4/p-4. The molecule has 0 amide bonds. The Morgan fingerprint density at radius 2 is 0.647 bits per heavy atom. The topological polar surface area (TPSA) is 92.2 Å². The molecule has 0 heterocycles. The Morgan fingerprint density at radius 3 is 0.765 bits per heavy atom. The van der Waals surface area contributed by atoms with Crippen LogP contribution in [0.5, 0.6) is 23.0 Å². The van der Waals surface area contributed by atoms with Crippen molar-refractivity contribution in [3.63, 3.8) is 0 Å². The van der Waals surface area contributed by atoms with Crippen molar-refractivity contribution in [2.24, 2.45) is 0 Å². The summed E-state index contributed by atoms with van der Waals surface area (Å²) in [4.78, 5) is 0. The summed E-state index contributed by atoms with van der Waals surface area (Å²) >= 11 is 0. The Kier molecular flexibility index (Phi) is 6.28. The van der Waals surface area contributed by atoms with E-state index >= 15 is 0 Å². The fourth-order valence-electron chi connectivity index (χ4n) is 0.900. The summed E-state index contributed by atoms with van der Waals surface area (Å²) in [6, 6.07) is 11.2. The van der Waals surface area contributed by atoms with Crippen LogP contribution in [0.2, 0.25) is 0 Å². The molecule has 84 valence electrons. The van der Waals surface area contributed by atoms with Crippen LogP contribution in [-0.4, -0.2) is 11.0 Å². The summed E-state index contributed by atoms with van der Waals surface area (Å²) < 4.78 is 0. The van der Waals surface area contributed by atoms with Gasteiger partial charge in [0.05, 0.1) is 0 Å². The van der Waals surface area contributed by atoms with Crippen LogP contribution in [0.15, 0.2) is 48.5 Å². The van der Waals surface area contributed by atoms with Gasteiger partial charge in [-0.05, 0) is 0 Å². The van der Waals surface area contributed by atoms with Crippen molar-refractivity contribution in [2.75, 3.05) is 0 Å². The fourth-order valence-corrected chi connectivity index (χ4v) is 0.900. The van der Waals surface area contributed by atoms with Crippen LogP contribution in [0.3, 0.4) is 0 Å². The smallest absolute Gasteiger partial charge is 0.873 e. The van der Waals surface area contributed by atoms with E-state index in [9.17, 15) is 20.4 Å². The average Bonchev–Trinajstić information content (AvgIpc) is 2.28. The predicted molar refractivity (Wildman–Crippen MR) is 56.4 cm³/mol. The molecule has 0 radical (unpaired) electrons. The molecular weight excluding hydrogens is 236 g/mol. The number of benzene rings is 2. The molecule has 0 aliphatic heterocycles. The molecule has 5 heteroatoms. The third-order valence-corrected chi connectivity index (χ3v) is 1.70. The molecular formula is C12H8O4Si. The minimum atomic E-state index is -0.437. The molecule has 0 saturated heterocycles. The first kappa shape index (κ1) is 14.9. The maximum absolute atomic E-state index is 10.3. The van der Waals surface area contributed by atoms with Crippen LogP contribution >= 0.6 is 0 Å². The third kappa shape index (κ3) is 4.94. The normalized spacial score (nSPS) is 8.47. The molecule has 0 aliphatic rings. The van der Waals surface area contributed by atoms with Gasteiger partial charge in [0.25, 0.3) is 0 Å². The van der Waals surface area contributed by atoms with E-state index in [1.807, 2.05) is 0 Å². The van der Waals surface area contributed by atoms with E-state index in [1.54, 1.807) is 24.3 Å². The molecule has 0 aromatic heterocycles. The molecule has 0 atom stereocenters. The molecule has 4 nitrogen and oxygen atoms in total. The zero-order valence-electron chi connectivity index (χ0n) is 8.75. The first-order valence-electron chi connectivity index (χ1n) is 4.47. The zero-order chi connectivity index (χ0) is 12.0. The van der Waals surface area contributed by atoms with Crippen LogP contribution < -0.4 is 20.4 Å². The van der Waals surface area contributed by atoms with E-state index in [0.29, 0.717) is 0 Å². The van der Waals surface area contributed by atoms with Crippen molar-refractivity contribution in [3.05, 3.63) is 48.5 Å². The molecule has 0 saturated carbocycles. The molecule has 0 bridgehead atoms. The van der Waals surface area contributed by atoms with E-state index in [0.717, 1.165) is 0 Å². The summed E-state index contributed by atoms with van der Waals surface area (Å²) in [6.07, 6.45) is 0. The Morgan fingerprint density at radius 1 is 0.471 bits per heavy atom. The van der Waals surface area contributed by atoms with Gasteiger partial charge in [0.1, 0.15) is 0 Å². The van der Waals surface area contributed by atoms with Gasteiger partial charge in [-0.15, -0.1) is 23.0 Å². The van der Waals surface area contributed by atoms with Crippen molar-refractivity contribution in [2.45, 2.75) is 0 Å². The second-order valence-electron chi connectivity index (χ2n) is 2.89. The van der Waals surface area contributed by atoms with E-state index in [2.05, 4.69) is 0 Å². The van der Waals surface area contributed by atoms with Crippen molar-refractivity contribution in [1.29, 1.82) is 0 Å². The van der Waals surface area contributed by atoms with Crippen molar-refractivity contribution < 1.29 is 20.4 Å².